The molecule has 48 heavy (non-hydrogen) atoms. The normalized spacial score (nSPS) is 18.6. The van der Waals surface area contributed by atoms with Crippen LogP contribution in [0.5, 0.6) is 23.0 Å². The molecule has 0 amide bonds. The summed E-state index contributed by atoms with van der Waals surface area (Å²) >= 11 is 4.12. The topological polar surface area (TPSA) is 60.5 Å². The molecule has 0 bridgehead atoms. The van der Waals surface area contributed by atoms with Gasteiger partial charge in [0.15, 0.2) is 5.78 Å². The maximum atomic E-state index is 13.7. The van der Waals surface area contributed by atoms with Crippen LogP contribution < -0.4 is 18.9 Å². The second-order valence-corrected chi connectivity index (χ2v) is 15.7. The zero-order valence-corrected chi connectivity index (χ0v) is 31.1. The van der Waals surface area contributed by atoms with E-state index in [1.165, 1.54) is 87.1 Å². The summed E-state index contributed by atoms with van der Waals surface area (Å²) in [5.74, 6) is 7.78. The minimum Gasteiger partial charge on any atom is -0.496 e. The quantitative estimate of drug-likeness (QED) is 0.114. The number of carbonyl (C=O) groups is 1. The van der Waals surface area contributed by atoms with Crippen molar-refractivity contribution in [2.45, 2.75) is 71.3 Å². The third-order valence-electron chi connectivity index (χ3n) is 9.37. The van der Waals surface area contributed by atoms with Crippen molar-refractivity contribution in [1.82, 2.24) is 9.80 Å². The number of methoxy groups -OCH3 is 1. The van der Waals surface area contributed by atoms with E-state index in [9.17, 15) is 4.79 Å². The minimum atomic E-state index is -0.383. The number of ether oxygens (including phenoxy) is 4. The Morgan fingerprint density at radius 3 is 2.02 bits per heavy atom. The lowest BCUT2D eigenvalue weighted by Gasteiger charge is -2.29. The fraction of sp³-hybridized carbons (Fsp3) is 0.615. The molecule has 3 heterocycles. The van der Waals surface area contributed by atoms with Crippen molar-refractivity contribution in [2.75, 3.05) is 82.6 Å². The first-order valence-corrected chi connectivity index (χ1v) is 20.4. The van der Waals surface area contributed by atoms with Gasteiger partial charge in [-0.2, -0.15) is 23.5 Å². The van der Waals surface area contributed by atoms with Crippen LogP contribution in [0.2, 0.25) is 0 Å². The number of hydrogen-bond acceptors (Lipinski definition) is 9. The minimum absolute atomic E-state index is 0.0304. The Kier molecular flexibility index (Phi) is 15.2. The van der Waals surface area contributed by atoms with Gasteiger partial charge in [-0.15, -0.1) is 0 Å². The van der Waals surface area contributed by atoms with Gasteiger partial charge in [0.05, 0.1) is 26.7 Å². The molecular formula is C39H56N2O5S2. The molecular weight excluding hydrogens is 641 g/mol. The molecule has 0 saturated carbocycles. The van der Waals surface area contributed by atoms with Crippen LogP contribution >= 0.6 is 23.5 Å². The predicted molar refractivity (Wildman–Crippen MR) is 201 cm³/mol. The van der Waals surface area contributed by atoms with Gasteiger partial charge in [0.25, 0.3) is 0 Å². The molecule has 0 aromatic heterocycles. The average Bonchev–Trinajstić information content (AvgIpc) is 3.11. The van der Waals surface area contributed by atoms with Crippen LogP contribution in [-0.4, -0.2) is 98.2 Å². The van der Waals surface area contributed by atoms with E-state index < -0.39 is 0 Å². The van der Waals surface area contributed by atoms with Gasteiger partial charge in [0.2, 0.25) is 0 Å². The Bertz CT molecular complexity index is 1320. The molecule has 0 spiro atoms. The Balaban J connectivity index is 1.18. The molecule has 5 rings (SSSR count). The standard InChI is InChI=1S/C39H56N2O5S2/c1-30(2)10-15-33-36(45-23-9-5-7-17-41-20-26-48-27-21-41)29-37(43-3)38-34(42)28-35(46-39(33)38)31-11-13-32(14-12-31)44-22-8-4-6-16-40-18-24-47-25-19-40/h10-14,29,35H,4-9,15-28H2,1-3H3. The number of rotatable bonds is 18. The number of nitrogens with zero attached hydrogens (tertiary/aromatic N) is 2. The molecule has 3 aliphatic heterocycles. The highest BCUT2D eigenvalue weighted by Gasteiger charge is 2.34. The molecule has 2 saturated heterocycles. The van der Waals surface area contributed by atoms with Crippen LogP contribution in [0.3, 0.4) is 0 Å². The first-order chi connectivity index (χ1) is 23.5. The van der Waals surface area contributed by atoms with Crippen LogP contribution in [0.15, 0.2) is 42.0 Å². The lowest BCUT2D eigenvalue weighted by atomic mass is 9.92. The van der Waals surface area contributed by atoms with Gasteiger partial charge in [0.1, 0.15) is 34.7 Å². The van der Waals surface area contributed by atoms with Crippen molar-refractivity contribution in [3.8, 4) is 23.0 Å². The van der Waals surface area contributed by atoms with Gasteiger partial charge in [-0.3, -0.25) is 4.79 Å². The van der Waals surface area contributed by atoms with Gasteiger partial charge < -0.3 is 28.7 Å². The summed E-state index contributed by atoms with van der Waals surface area (Å²) in [4.78, 5) is 18.8. The summed E-state index contributed by atoms with van der Waals surface area (Å²) in [6, 6.07) is 9.95. The first kappa shape index (κ1) is 36.9. The van der Waals surface area contributed by atoms with E-state index in [0.717, 1.165) is 48.5 Å². The van der Waals surface area contributed by atoms with E-state index in [1.807, 2.05) is 30.3 Å². The molecule has 7 nitrogen and oxygen atoms in total. The maximum Gasteiger partial charge on any atom is 0.174 e. The SMILES string of the molecule is COc1cc(OCCCCCN2CCSCC2)c(CC=C(C)C)c2c1C(=O)CC(c1ccc(OCCCCCN3CCSCC3)cc1)O2. The van der Waals surface area contributed by atoms with Crippen molar-refractivity contribution in [3.63, 3.8) is 0 Å². The molecule has 0 aliphatic carbocycles. The Morgan fingerprint density at radius 2 is 1.44 bits per heavy atom. The number of fused-ring (bicyclic) bond motifs is 1. The van der Waals surface area contributed by atoms with E-state index in [0.29, 0.717) is 30.1 Å². The number of allylic oxidation sites excluding steroid dienone is 2. The molecule has 1 atom stereocenters. The summed E-state index contributed by atoms with van der Waals surface area (Å²) in [6.07, 6.45) is 9.44. The van der Waals surface area contributed by atoms with E-state index in [1.54, 1.807) is 7.11 Å². The molecule has 0 radical (unpaired) electrons. The number of hydrogen-bond donors (Lipinski definition) is 0. The second-order valence-electron chi connectivity index (χ2n) is 13.3. The zero-order valence-electron chi connectivity index (χ0n) is 29.4. The average molecular weight is 697 g/mol. The number of Topliss-reactive ketones (excluding diaryl/α,β-unsaturated/α-hetero) is 1. The monoisotopic (exact) mass is 696 g/mol. The Labute approximate surface area is 297 Å². The zero-order chi connectivity index (χ0) is 33.6. The predicted octanol–water partition coefficient (Wildman–Crippen LogP) is 8.11. The lowest BCUT2D eigenvalue weighted by Crippen LogP contribution is -2.33. The second kappa shape index (κ2) is 19.8. The van der Waals surface area contributed by atoms with Gasteiger partial charge >= 0.3 is 0 Å². The van der Waals surface area contributed by atoms with E-state index in [4.69, 9.17) is 18.9 Å². The number of ketones is 1. The fourth-order valence-electron chi connectivity index (χ4n) is 6.51. The van der Waals surface area contributed by atoms with Crippen LogP contribution in [0.1, 0.15) is 86.4 Å². The first-order valence-electron chi connectivity index (χ1n) is 18.0. The fourth-order valence-corrected chi connectivity index (χ4v) is 8.46. The number of carbonyl (C=O) groups excluding carboxylic acids is 1. The third-order valence-corrected chi connectivity index (χ3v) is 11.3. The van der Waals surface area contributed by atoms with Crippen molar-refractivity contribution in [3.05, 3.63) is 58.7 Å². The number of unbranched alkanes of at least 4 members (excludes halogenated alkanes) is 4. The summed E-state index contributed by atoms with van der Waals surface area (Å²) in [5, 5.41) is 0. The molecule has 2 aromatic rings. The van der Waals surface area contributed by atoms with Crippen molar-refractivity contribution in [1.29, 1.82) is 0 Å². The molecule has 2 fully saturated rings. The van der Waals surface area contributed by atoms with E-state index in [-0.39, 0.29) is 18.3 Å². The lowest BCUT2D eigenvalue weighted by molar-refractivity contribution is 0.0841. The van der Waals surface area contributed by atoms with Gasteiger partial charge in [-0.25, -0.2) is 0 Å². The Hall–Kier alpha value is -2.33. The van der Waals surface area contributed by atoms with Gasteiger partial charge in [-0.05, 0) is 89.6 Å². The maximum absolute atomic E-state index is 13.7. The highest BCUT2D eigenvalue weighted by molar-refractivity contribution is 7.99. The van der Waals surface area contributed by atoms with Crippen molar-refractivity contribution >= 4 is 29.3 Å². The smallest absolute Gasteiger partial charge is 0.174 e. The van der Waals surface area contributed by atoms with Crippen molar-refractivity contribution in [2.24, 2.45) is 0 Å². The number of benzene rings is 2. The molecule has 3 aliphatic rings. The molecule has 9 heteroatoms. The van der Waals surface area contributed by atoms with Gasteiger partial charge in [0, 0.05) is 60.8 Å². The summed E-state index contributed by atoms with van der Waals surface area (Å²) < 4.78 is 24.9. The van der Waals surface area contributed by atoms with Crippen LogP contribution in [0, 0.1) is 0 Å². The largest absolute Gasteiger partial charge is 0.496 e. The van der Waals surface area contributed by atoms with E-state index in [2.05, 4.69) is 53.2 Å². The van der Waals surface area contributed by atoms with Crippen LogP contribution in [0.25, 0.3) is 0 Å². The molecule has 2 aromatic carbocycles. The molecule has 1 unspecified atom stereocenters. The Morgan fingerprint density at radius 1 is 0.833 bits per heavy atom. The summed E-state index contributed by atoms with van der Waals surface area (Å²) in [6.45, 7) is 12.8. The van der Waals surface area contributed by atoms with E-state index >= 15 is 0 Å². The van der Waals surface area contributed by atoms with Crippen molar-refractivity contribution < 1.29 is 23.7 Å². The highest BCUT2D eigenvalue weighted by Crippen LogP contribution is 2.46. The molecule has 264 valence electrons. The summed E-state index contributed by atoms with van der Waals surface area (Å²) in [5.41, 5.74) is 3.61. The highest BCUT2D eigenvalue weighted by atomic mass is 32.2. The third kappa shape index (κ3) is 11.1. The summed E-state index contributed by atoms with van der Waals surface area (Å²) in [7, 11) is 1.61. The molecule has 0 N–H and O–H groups in total. The van der Waals surface area contributed by atoms with Crippen LogP contribution in [0.4, 0.5) is 0 Å². The van der Waals surface area contributed by atoms with Gasteiger partial charge in [-0.1, -0.05) is 23.8 Å². The van der Waals surface area contributed by atoms with Crippen LogP contribution in [-0.2, 0) is 6.42 Å². The number of thioether (sulfide) groups is 2.